The van der Waals surface area contributed by atoms with Gasteiger partial charge in [-0.25, -0.2) is 9.59 Å². The summed E-state index contributed by atoms with van der Waals surface area (Å²) in [6.07, 6.45) is 28.4. The average molecular weight is 898 g/mol. The van der Waals surface area contributed by atoms with Crippen molar-refractivity contribution in [3.05, 3.63) is 0 Å². The summed E-state index contributed by atoms with van der Waals surface area (Å²) in [7, 11) is 3.65. The van der Waals surface area contributed by atoms with E-state index in [1.54, 1.807) is 0 Å². The van der Waals surface area contributed by atoms with Gasteiger partial charge in [-0.3, -0.25) is 14.4 Å². The van der Waals surface area contributed by atoms with Crippen LogP contribution in [0, 0.1) is 0 Å². The summed E-state index contributed by atoms with van der Waals surface area (Å²) in [6.45, 7) is 9.46. The van der Waals surface area contributed by atoms with Crippen LogP contribution in [-0.4, -0.2) is 93.7 Å². The van der Waals surface area contributed by atoms with Crippen LogP contribution in [0.15, 0.2) is 0 Å². The van der Waals surface area contributed by atoms with Crippen molar-refractivity contribution in [1.82, 2.24) is 4.90 Å². The number of nitrogens with zero attached hydrogens (tertiary/aromatic N) is 1. The van der Waals surface area contributed by atoms with E-state index in [1.165, 1.54) is 89.9 Å². The number of likely N-dealkylation sites (N-methyl/N-ethyl adjacent to an activating group) is 1. The number of rotatable bonds is 45. The third kappa shape index (κ3) is 40.4. The fourth-order valence-corrected chi connectivity index (χ4v) is 7.31. The van der Waals surface area contributed by atoms with Crippen LogP contribution in [-0.2, 0) is 47.6 Å². The molecule has 3 unspecified atom stereocenters. The van der Waals surface area contributed by atoms with Gasteiger partial charge >= 0.3 is 30.0 Å². The fraction of sp³-hybridized carbons (Fsp3) is 0.902. The van der Waals surface area contributed by atoms with Crippen molar-refractivity contribution in [2.75, 3.05) is 40.5 Å². The highest BCUT2D eigenvalue weighted by Crippen LogP contribution is 2.19. The van der Waals surface area contributed by atoms with E-state index >= 15 is 0 Å². The van der Waals surface area contributed by atoms with E-state index in [1.807, 2.05) is 19.0 Å². The number of unbranched alkanes of at least 4 members (excludes halogenated alkanes) is 20. The summed E-state index contributed by atoms with van der Waals surface area (Å²) < 4.78 is 32.9. The maximum Gasteiger partial charge on any atom is 0.509 e. The van der Waals surface area contributed by atoms with Crippen molar-refractivity contribution in [3.8, 4) is 0 Å². The molecule has 370 valence electrons. The Morgan fingerprint density at radius 1 is 0.397 bits per heavy atom. The van der Waals surface area contributed by atoms with E-state index in [4.69, 9.17) is 28.4 Å². The molecular formula is C51H95NO11. The minimum Gasteiger partial charge on any atom is -0.466 e. The molecular weight excluding hydrogens is 803 g/mol. The lowest BCUT2D eigenvalue weighted by Gasteiger charge is -2.18. The first-order valence-electron chi connectivity index (χ1n) is 25.7. The molecule has 0 bridgehead atoms. The summed E-state index contributed by atoms with van der Waals surface area (Å²) in [5, 5.41) is 0. The highest BCUT2D eigenvalue weighted by atomic mass is 16.7. The SMILES string of the molecule is CCCCCCCCC(CCCCCC)OC(=O)CCCCCOC(=O)CC(OC(=O)OCCN(C)C)C(=O)OCCCCCC(=O)OC(CCCCCC)CCCCCCCC. The van der Waals surface area contributed by atoms with E-state index in [9.17, 15) is 24.0 Å². The second-order valence-corrected chi connectivity index (χ2v) is 17.8. The molecule has 0 aromatic heterocycles. The summed E-state index contributed by atoms with van der Waals surface area (Å²) in [6, 6.07) is 0. The molecule has 0 rings (SSSR count). The van der Waals surface area contributed by atoms with Gasteiger partial charge in [-0.05, 0) is 104 Å². The molecule has 0 aromatic rings. The van der Waals surface area contributed by atoms with Gasteiger partial charge in [0.1, 0.15) is 18.8 Å². The molecule has 63 heavy (non-hydrogen) atoms. The van der Waals surface area contributed by atoms with Crippen LogP contribution in [0.4, 0.5) is 4.79 Å². The Hall–Kier alpha value is -2.89. The third-order valence-electron chi connectivity index (χ3n) is 11.3. The molecule has 0 spiro atoms. The molecule has 0 aliphatic rings. The number of hydrogen-bond acceptors (Lipinski definition) is 12. The van der Waals surface area contributed by atoms with Crippen LogP contribution in [0.1, 0.15) is 240 Å². The molecule has 0 fully saturated rings. The first-order valence-corrected chi connectivity index (χ1v) is 25.7. The molecule has 12 nitrogen and oxygen atoms in total. The van der Waals surface area contributed by atoms with Gasteiger partial charge in [-0.2, -0.15) is 0 Å². The molecule has 0 saturated heterocycles. The van der Waals surface area contributed by atoms with Crippen LogP contribution in [0.2, 0.25) is 0 Å². The Morgan fingerprint density at radius 3 is 1.21 bits per heavy atom. The molecule has 0 amide bonds. The quantitative estimate of drug-likeness (QED) is 0.0326. The second kappa shape index (κ2) is 44.3. The second-order valence-electron chi connectivity index (χ2n) is 17.8. The lowest BCUT2D eigenvalue weighted by Crippen LogP contribution is -2.33. The van der Waals surface area contributed by atoms with E-state index in [0.29, 0.717) is 57.9 Å². The lowest BCUT2D eigenvalue weighted by molar-refractivity contribution is -0.161. The molecule has 0 aliphatic heterocycles. The normalized spacial score (nSPS) is 12.7. The maximum atomic E-state index is 13.0. The monoisotopic (exact) mass is 898 g/mol. The van der Waals surface area contributed by atoms with Crippen LogP contribution in [0.25, 0.3) is 0 Å². The van der Waals surface area contributed by atoms with Gasteiger partial charge in [0, 0.05) is 19.4 Å². The van der Waals surface area contributed by atoms with Crippen molar-refractivity contribution >= 4 is 30.0 Å². The van der Waals surface area contributed by atoms with E-state index in [-0.39, 0.29) is 44.0 Å². The zero-order valence-electron chi connectivity index (χ0n) is 41.3. The van der Waals surface area contributed by atoms with E-state index in [0.717, 1.165) is 64.2 Å². The van der Waals surface area contributed by atoms with Crippen LogP contribution < -0.4 is 0 Å². The Balaban J connectivity index is 4.79. The summed E-state index contributed by atoms with van der Waals surface area (Å²) in [5.41, 5.74) is 0. The number of esters is 4. The minimum absolute atomic E-state index is 0.0217. The maximum absolute atomic E-state index is 13.0. The van der Waals surface area contributed by atoms with Crippen molar-refractivity contribution in [2.45, 2.75) is 258 Å². The molecule has 0 N–H and O–H groups in total. The number of carbonyl (C=O) groups excluding carboxylic acids is 5. The average Bonchev–Trinajstić information content (AvgIpc) is 3.25. The first kappa shape index (κ1) is 60.1. The van der Waals surface area contributed by atoms with Crippen molar-refractivity contribution in [3.63, 3.8) is 0 Å². The standard InChI is InChI=1S/C51H95NO11/c1-7-11-15-19-21-27-35-44(33-25-17-13-9-3)61-47(53)37-29-23-31-40-58-49(55)43-46(63-51(57)60-42-39-52(5)6)50(56)59-41-32-24-30-38-48(54)62-45(34-26-18-14-10-4)36-28-22-20-16-12-8-2/h44-46H,7-43H2,1-6H3. The molecule has 0 aliphatic carbocycles. The molecule has 0 aromatic carbocycles. The fourth-order valence-electron chi connectivity index (χ4n) is 7.31. The van der Waals surface area contributed by atoms with E-state index in [2.05, 4.69) is 27.7 Å². The summed E-state index contributed by atoms with van der Waals surface area (Å²) in [4.78, 5) is 65.4. The lowest BCUT2D eigenvalue weighted by atomic mass is 10.0. The molecule has 12 heteroatoms. The molecule has 0 saturated carbocycles. The molecule has 0 heterocycles. The topological polar surface area (TPSA) is 144 Å². The van der Waals surface area contributed by atoms with Gasteiger partial charge in [-0.15, -0.1) is 0 Å². The number of ether oxygens (including phenoxy) is 6. The Morgan fingerprint density at radius 2 is 0.778 bits per heavy atom. The van der Waals surface area contributed by atoms with Crippen LogP contribution >= 0.6 is 0 Å². The Kier molecular flexibility index (Phi) is 42.3. The zero-order chi connectivity index (χ0) is 46.6. The third-order valence-corrected chi connectivity index (χ3v) is 11.3. The molecule has 3 atom stereocenters. The van der Waals surface area contributed by atoms with Crippen LogP contribution in [0.3, 0.4) is 0 Å². The Labute approximate surface area is 384 Å². The van der Waals surface area contributed by atoms with Gasteiger partial charge in [0.25, 0.3) is 0 Å². The minimum atomic E-state index is -1.53. The molecule has 0 radical (unpaired) electrons. The predicted molar refractivity (Wildman–Crippen MR) is 252 cm³/mol. The Bertz CT molecular complexity index is 1120. The van der Waals surface area contributed by atoms with Gasteiger partial charge in [0.2, 0.25) is 6.10 Å². The van der Waals surface area contributed by atoms with Crippen LogP contribution in [0.5, 0.6) is 0 Å². The summed E-state index contributed by atoms with van der Waals surface area (Å²) >= 11 is 0. The smallest absolute Gasteiger partial charge is 0.466 e. The zero-order valence-corrected chi connectivity index (χ0v) is 41.3. The number of carbonyl (C=O) groups is 5. The largest absolute Gasteiger partial charge is 0.509 e. The first-order chi connectivity index (χ1) is 30.6. The van der Waals surface area contributed by atoms with Gasteiger partial charge < -0.3 is 33.3 Å². The summed E-state index contributed by atoms with van der Waals surface area (Å²) in [5.74, 6) is -1.93. The van der Waals surface area contributed by atoms with Gasteiger partial charge in [-0.1, -0.05) is 130 Å². The predicted octanol–water partition coefficient (Wildman–Crippen LogP) is 12.9. The van der Waals surface area contributed by atoms with Gasteiger partial charge in [0.05, 0.1) is 19.6 Å². The van der Waals surface area contributed by atoms with Gasteiger partial charge in [0.15, 0.2) is 0 Å². The van der Waals surface area contributed by atoms with Crippen molar-refractivity contribution < 1.29 is 52.4 Å². The highest BCUT2D eigenvalue weighted by molar-refractivity contribution is 5.83. The van der Waals surface area contributed by atoms with Crippen molar-refractivity contribution in [2.24, 2.45) is 0 Å². The number of hydrogen-bond donors (Lipinski definition) is 0. The van der Waals surface area contributed by atoms with Crippen molar-refractivity contribution in [1.29, 1.82) is 0 Å². The highest BCUT2D eigenvalue weighted by Gasteiger charge is 2.29. The van der Waals surface area contributed by atoms with E-state index < -0.39 is 30.6 Å².